The zero-order valence-electron chi connectivity index (χ0n) is 10.2. The third-order valence-corrected chi connectivity index (χ3v) is 2.99. The molecule has 0 saturated carbocycles. The first-order chi connectivity index (χ1) is 8.56. The van der Waals surface area contributed by atoms with Crippen LogP contribution in [0, 0.1) is 18.6 Å². The third kappa shape index (κ3) is 2.93. The predicted molar refractivity (Wildman–Crippen MR) is 68.2 cm³/mol. The van der Waals surface area contributed by atoms with Crippen molar-refractivity contribution in [2.45, 2.75) is 19.4 Å². The number of hydrogen-bond acceptors (Lipinski definition) is 1. The number of halogens is 2. The molecule has 0 heterocycles. The summed E-state index contributed by atoms with van der Waals surface area (Å²) in [7, 11) is 0. The van der Waals surface area contributed by atoms with Gasteiger partial charge < -0.3 is 5.73 Å². The maximum absolute atomic E-state index is 13.2. The van der Waals surface area contributed by atoms with Crippen LogP contribution >= 0.6 is 0 Å². The summed E-state index contributed by atoms with van der Waals surface area (Å²) in [6.45, 7) is 1.89. The van der Waals surface area contributed by atoms with Crippen molar-refractivity contribution in [2.75, 3.05) is 0 Å². The Kier molecular flexibility index (Phi) is 3.72. The number of rotatable bonds is 3. The summed E-state index contributed by atoms with van der Waals surface area (Å²) in [6.07, 6.45) is 0.488. The number of benzene rings is 2. The molecule has 0 aliphatic rings. The van der Waals surface area contributed by atoms with Gasteiger partial charge in [-0.05, 0) is 54.3 Å². The number of nitrogens with two attached hydrogens (primary N) is 1. The molecular formula is C15H15F2N. The Bertz CT molecular complexity index is 552. The lowest BCUT2D eigenvalue weighted by Crippen LogP contribution is -2.15. The summed E-state index contributed by atoms with van der Waals surface area (Å²) in [6, 6.07) is 10.5. The van der Waals surface area contributed by atoms with Crippen LogP contribution < -0.4 is 5.73 Å². The summed E-state index contributed by atoms with van der Waals surface area (Å²) in [5.41, 5.74) is 8.58. The van der Waals surface area contributed by atoms with Crippen molar-refractivity contribution in [1.29, 1.82) is 0 Å². The van der Waals surface area contributed by atoms with E-state index in [1.165, 1.54) is 24.3 Å². The van der Waals surface area contributed by atoms with E-state index in [4.69, 9.17) is 5.73 Å². The Morgan fingerprint density at radius 3 is 2.50 bits per heavy atom. The summed E-state index contributed by atoms with van der Waals surface area (Å²) in [5, 5.41) is 0. The summed E-state index contributed by atoms with van der Waals surface area (Å²) < 4.78 is 26.3. The Morgan fingerprint density at radius 2 is 1.78 bits per heavy atom. The van der Waals surface area contributed by atoms with Crippen molar-refractivity contribution in [3.8, 4) is 0 Å². The Morgan fingerprint density at radius 1 is 1.06 bits per heavy atom. The molecular weight excluding hydrogens is 232 g/mol. The lowest BCUT2D eigenvalue weighted by Gasteiger charge is -2.15. The lowest BCUT2D eigenvalue weighted by atomic mass is 9.96. The summed E-state index contributed by atoms with van der Waals surface area (Å²) in [4.78, 5) is 0. The average Bonchev–Trinajstić information content (AvgIpc) is 2.32. The minimum atomic E-state index is -0.331. The van der Waals surface area contributed by atoms with Crippen molar-refractivity contribution in [3.05, 3.63) is 70.8 Å². The van der Waals surface area contributed by atoms with E-state index in [1.54, 1.807) is 12.1 Å². The Hall–Kier alpha value is -1.74. The number of hydrogen-bond donors (Lipinski definition) is 1. The molecule has 1 nitrogen and oxygen atoms in total. The van der Waals surface area contributed by atoms with Gasteiger partial charge in [-0.25, -0.2) is 8.78 Å². The highest BCUT2D eigenvalue weighted by atomic mass is 19.1. The van der Waals surface area contributed by atoms with Gasteiger partial charge in [-0.3, -0.25) is 0 Å². The van der Waals surface area contributed by atoms with Gasteiger partial charge in [0.25, 0.3) is 0 Å². The predicted octanol–water partition coefficient (Wildman–Crippen LogP) is 3.52. The molecule has 3 heteroatoms. The zero-order chi connectivity index (χ0) is 13.1. The van der Waals surface area contributed by atoms with Crippen LogP contribution in [0.3, 0.4) is 0 Å². The van der Waals surface area contributed by atoms with E-state index in [1.807, 2.05) is 13.0 Å². The molecule has 2 aromatic carbocycles. The molecule has 0 amide bonds. The molecule has 0 bridgehead atoms. The van der Waals surface area contributed by atoms with Crippen molar-refractivity contribution >= 4 is 0 Å². The smallest absolute Gasteiger partial charge is 0.123 e. The lowest BCUT2D eigenvalue weighted by molar-refractivity contribution is 0.612. The van der Waals surface area contributed by atoms with Gasteiger partial charge in [0.2, 0.25) is 0 Å². The highest BCUT2D eigenvalue weighted by Crippen LogP contribution is 2.21. The standard InChI is InChI=1S/C15H15F2N/c1-10-5-6-13(17)9-14(10)15(18)8-11-3-2-4-12(16)7-11/h2-7,9,15H,8,18H2,1H3. The maximum atomic E-state index is 13.2. The van der Waals surface area contributed by atoms with Gasteiger partial charge in [0.15, 0.2) is 0 Å². The summed E-state index contributed by atoms with van der Waals surface area (Å²) >= 11 is 0. The first kappa shape index (κ1) is 12.7. The minimum absolute atomic E-state index is 0.282. The molecule has 2 N–H and O–H groups in total. The third-order valence-electron chi connectivity index (χ3n) is 2.99. The van der Waals surface area contributed by atoms with Crippen LogP contribution in [0.15, 0.2) is 42.5 Å². The monoisotopic (exact) mass is 247 g/mol. The van der Waals surface area contributed by atoms with Gasteiger partial charge in [0.1, 0.15) is 11.6 Å². The fourth-order valence-electron chi connectivity index (χ4n) is 2.04. The maximum Gasteiger partial charge on any atom is 0.123 e. The van der Waals surface area contributed by atoms with E-state index in [0.29, 0.717) is 6.42 Å². The second kappa shape index (κ2) is 5.27. The van der Waals surface area contributed by atoms with Crippen LogP contribution in [0.1, 0.15) is 22.7 Å². The molecule has 1 unspecified atom stereocenters. The second-order valence-electron chi connectivity index (χ2n) is 4.44. The van der Waals surface area contributed by atoms with Gasteiger partial charge in [-0.1, -0.05) is 18.2 Å². The highest BCUT2D eigenvalue weighted by molar-refractivity contribution is 5.31. The second-order valence-corrected chi connectivity index (χ2v) is 4.44. The average molecular weight is 247 g/mol. The topological polar surface area (TPSA) is 26.0 Å². The van der Waals surface area contributed by atoms with E-state index < -0.39 is 0 Å². The van der Waals surface area contributed by atoms with Crippen molar-refractivity contribution in [3.63, 3.8) is 0 Å². The fourth-order valence-corrected chi connectivity index (χ4v) is 2.04. The van der Waals surface area contributed by atoms with Crippen LogP contribution in [0.25, 0.3) is 0 Å². The highest BCUT2D eigenvalue weighted by Gasteiger charge is 2.11. The fraction of sp³-hybridized carbons (Fsp3) is 0.200. The van der Waals surface area contributed by atoms with Gasteiger partial charge in [-0.2, -0.15) is 0 Å². The molecule has 0 fully saturated rings. The molecule has 0 spiro atoms. The van der Waals surface area contributed by atoms with Gasteiger partial charge in [-0.15, -0.1) is 0 Å². The SMILES string of the molecule is Cc1ccc(F)cc1C(N)Cc1cccc(F)c1. The molecule has 0 saturated heterocycles. The van der Waals surface area contributed by atoms with Crippen LogP contribution in [-0.4, -0.2) is 0 Å². The van der Waals surface area contributed by atoms with Gasteiger partial charge in [0.05, 0.1) is 0 Å². The first-order valence-corrected chi connectivity index (χ1v) is 5.82. The Labute approximate surface area is 105 Å². The van der Waals surface area contributed by atoms with Crippen LogP contribution in [0.4, 0.5) is 8.78 Å². The molecule has 2 aromatic rings. The van der Waals surface area contributed by atoms with Gasteiger partial charge in [0, 0.05) is 6.04 Å². The largest absolute Gasteiger partial charge is 0.324 e. The van der Waals surface area contributed by atoms with E-state index in [-0.39, 0.29) is 17.7 Å². The van der Waals surface area contributed by atoms with Crippen LogP contribution in [-0.2, 0) is 6.42 Å². The molecule has 0 radical (unpaired) electrons. The van der Waals surface area contributed by atoms with E-state index in [0.717, 1.165) is 16.7 Å². The Balaban J connectivity index is 2.21. The zero-order valence-corrected chi connectivity index (χ0v) is 10.2. The van der Waals surface area contributed by atoms with Crippen molar-refractivity contribution in [1.82, 2.24) is 0 Å². The molecule has 0 aliphatic carbocycles. The van der Waals surface area contributed by atoms with Crippen LogP contribution in [0.5, 0.6) is 0 Å². The van der Waals surface area contributed by atoms with Gasteiger partial charge >= 0.3 is 0 Å². The molecule has 0 aromatic heterocycles. The van der Waals surface area contributed by atoms with E-state index >= 15 is 0 Å². The van der Waals surface area contributed by atoms with Crippen molar-refractivity contribution < 1.29 is 8.78 Å². The van der Waals surface area contributed by atoms with Crippen molar-refractivity contribution in [2.24, 2.45) is 5.73 Å². The van der Waals surface area contributed by atoms with E-state index in [2.05, 4.69) is 0 Å². The normalized spacial score (nSPS) is 12.4. The first-order valence-electron chi connectivity index (χ1n) is 5.82. The molecule has 0 aliphatic heterocycles. The quantitative estimate of drug-likeness (QED) is 0.882. The van der Waals surface area contributed by atoms with Crippen LogP contribution in [0.2, 0.25) is 0 Å². The minimum Gasteiger partial charge on any atom is -0.324 e. The van der Waals surface area contributed by atoms with E-state index in [9.17, 15) is 8.78 Å². The molecule has 2 rings (SSSR count). The molecule has 1 atom stereocenters. The number of aryl methyl sites for hydroxylation is 1. The molecule has 18 heavy (non-hydrogen) atoms. The summed E-state index contributed by atoms with van der Waals surface area (Å²) in [5.74, 6) is -0.582. The molecule has 94 valence electrons.